The van der Waals surface area contributed by atoms with Crippen molar-refractivity contribution in [1.29, 1.82) is 0 Å². The Hall–Kier alpha value is -3.13. The van der Waals surface area contributed by atoms with E-state index in [2.05, 4.69) is 9.88 Å². The Morgan fingerprint density at radius 2 is 1.74 bits per heavy atom. The van der Waals surface area contributed by atoms with Gasteiger partial charge in [0.1, 0.15) is 11.5 Å². The molecule has 1 saturated carbocycles. The molecule has 0 spiro atoms. The molecule has 3 heterocycles. The van der Waals surface area contributed by atoms with Crippen LogP contribution < -0.4 is 11.2 Å². The largest absolute Gasteiger partial charge is 0.465 e. The molecule has 1 aliphatic carbocycles. The first-order valence-electron chi connectivity index (χ1n) is 12.3. The molecule has 8 heteroatoms. The van der Waals surface area contributed by atoms with Crippen molar-refractivity contribution in [2.45, 2.75) is 45.7 Å². The van der Waals surface area contributed by atoms with E-state index >= 15 is 0 Å². The van der Waals surface area contributed by atoms with Gasteiger partial charge in [-0.15, -0.1) is 0 Å². The van der Waals surface area contributed by atoms with E-state index in [-0.39, 0.29) is 29.0 Å². The van der Waals surface area contributed by atoms with Gasteiger partial charge in [-0.2, -0.15) is 0 Å². The Labute approximate surface area is 198 Å². The zero-order valence-corrected chi connectivity index (χ0v) is 19.7. The number of aromatic amines is 1. The predicted octanol–water partition coefficient (Wildman–Crippen LogP) is 2.74. The standard InChI is InChI=1S/C26H32N4O4/c1-18-6-11-21(34-18)17-28-12-14-29(15-13-28)24(31)20-9-7-19(8-10-20)16-30-25(32)22-4-2-3-5-23(22)27-26(30)33/h2-6,11,19-20H,7-10,12-17H2,1H3,(H,27,33)/t19-,20-. The highest BCUT2D eigenvalue weighted by molar-refractivity contribution is 5.79. The molecule has 1 aliphatic heterocycles. The average molecular weight is 465 g/mol. The highest BCUT2D eigenvalue weighted by atomic mass is 16.3. The summed E-state index contributed by atoms with van der Waals surface area (Å²) in [5, 5.41) is 0.535. The Balaban J connectivity index is 1.13. The number of H-pyrrole nitrogens is 1. The Bertz CT molecular complexity index is 1270. The van der Waals surface area contributed by atoms with Gasteiger partial charge < -0.3 is 14.3 Å². The summed E-state index contributed by atoms with van der Waals surface area (Å²) in [7, 11) is 0. The maximum absolute atomic E-state index is 13.1. The highest BCUT2D eigenvalue weighted by Gasteiger charge is 2.31. The molecule has 0 radical (unpaired) electrons. The molecule has 1 saturated heterocycles. The van der Waals surface area contributed by atoms with Crippen LogP contribution in [0.2, 0.25) is 0 Å². The van der Waals surface area contributed by atoms with Crippen molar-refractivity contribution < 1.29 is 9.21 Å². The summed E-state index contributed by atoms with van der Waals surface area (Å²) in [5.41, 5.74) is -0.0213. The molecule has 2 fully saturated rings. The minimum absolute atomic E-state index is 0.0436. The number of hydrogen-bond donors (Lipinski definition) is 1. The molecule has 1 N–H and O–H groups in total. The van der Waals surface area contributed by atoms with Crippen LogP contribution in [0.1, 0.15) is 37.2 Å². The SMILES string of the molecule is Cc1ccc(CN2CCN(C(=O)[C@H]3CC[C@H](Cn4c(=O)[nH]c5ccccc5c4=O)CC3)CC2)o1. The summed E-state index contributed by atoms with van der Waals surface area (Å²) in [5.74, 6) is 2.43. The number of nitrogens with one attached hydrogen (secondary N) is 1. The number of nitrogens with zero attached hydrogens (tertiary/aromatic N) is 3. The monoisotopic (exact) mass is 464 g/mol. The third-order valence-electron chi connectivity index (χ3n) is 7.39. The van der Waals surface area contributed by atoms with Crippen molar-refractivity contribution in [3.8, 4) is 0 Å². The third-order valence-corrected chi connectivity index (χ3v) is 7.39. The van der Waals surface area contributed by atoms with Crippen LogP contribution in [0.15, 0.2) is 50.4 Å². The van der Waals surface area contributed by atoms with Crippen molar-refractivity contribution in [2.24, 2.45) is 11.8 Å². The first kappa shape index (κ1) is 22.7. The number of carbonyl (C=O) groups excluding carboxylic acids is 1. The third kappa shape index (κ3) is 4.73. The topological polar surface area (TPSA) is 91.5 Å². The quantitative estimate of drug-likeness (QED) is 0.627. The molecule has 1 amide bonds. The van der Waals surface area contributed by atoms with Gasteiger partial charge >= 0.3 is 5.69 Å². The van der Waals surface area contributed by atoms with Crippen LogP contribution in [-0.2, 0) is 17.9 Å². The van der Waals surface area contributed by atoms with Gasteiger partial charge in [0.05, 0.1) is 17.4 Å². The van der Waals surface area contributed by atoms with Crippen molar-refractivity contribution in [2.75, 3.05) is 26.2 Å². The molecule has 5 rings (SSSR count). The van der Waals surface area contributed by atoms with Gasteiger partial charge in [0.25, 0.3) is 5.56 Å². The fraction of sp³-hybridized carbons (Fsp3) is 0.500. The first-order chi connectivity index (χ1) is 16.5. The second kappa shape index (κ2) is 9.62. The minimum atomic E-state index is -0.357. The number of benzene rings is 1. The Morgan fingerprint density at radius 1 is 1.00 bits per heavy atom. The van der Waals surface area contributed by atoms with E-state index in [1.165, 1.54) is 4.57 Å². The first-order valence-corrected chi connectivity index (χ1v) is 12.3. The zero-order chi connectivity index (χ0) is 23.7. The fourth-order valence-corrected chi connectivity index (χ4v) is 5.39. The van der Waals surface area contributed by atoms with E-state index < -0.39 is 0 Å². The molecule has 2 aliphatic rings. The van der Waals surface area contributed by atoms with E-state index in [9.17, 15) is 14.4 Å². The van der Waals surface area contributed by atoms with Crippen LogP contribution in [0.4, 0.5) is 0 Å². The van der Waals surface area contributed by atoms with Crippen molar-refractivity contribution in [3.05, 3.63) is 68.8 Å². The molecule has 0 bridgehead atoms. The van der Waals surface area contributed by atoms with Crippen LogP contribution in [0.25, 0.3) is 10.9 Å². The molecular formula is C26H32N4O4. The minimum Gasteiger partial charge on any atom is -0.465 e. The molecule has 180 valence electrons. The van der Waals surface area contributed by atoms with Crippen molar-refractivity contribution in [1.82, 2.24) is 19.4 Å². The van der Waals surface area contributed by atoms with Gasteiger partial charge in [-0.25, -0.2) is 4.79 Å². The van der Waals surface area contributed by atoms with E-state index in [0.717, 1.165) is 69.9 Å². The van der Waals surface area contributed by atoms with Gasteiger partial charge in [0.15, 0.2) is 0 Å². The number of aryl methyl sites for hydroxylation is 1. The van der Waals surface area contributed by atoms with Gasteiger partial charge in [0, 0.05) is 38.6 Å². The lowest BCUT2D eigenvalue weighted by atomic mass is 9.81. The van der Waals surface area contributed by atoms with Gasteiger partial charge in [0.2, 0.25) is 5.91 Å². The summed E-state index contributed by atoms with van der Waals surface area (Å²) in [4.78, 5) is 45.6. The molecule has 34 heavy (non-hydrogen) atoms. The normalized spacial score (nSPS) is 21.7. The zero-order valence-electron chi connectivity index (χ0n) is 19.7. The lowest BCUT2D eigenvalue weighted by molar-refractivity contribution is -0.138. The molecule has 8 nitrogen and oxygen atoms in total. The van der Waals surface area contributed by atoms with Crippen LogP contribution >= 0.6 is 0 Å². The number of aromatic nitrogens is 2. The van der Waals surface area contributed by atoms with Crippen LogP contribution in [-0.4, -0.2) is 51.4 Å². The van der Waals surface area contributed by atoms with Crippen LogP contribution in [0.5, 0.6) is 0 Å². The number of furan rings is 1. The van der Waals surface area contributed by atoms with Crippen molar-refractivity contribution in [3.63, 3.8) is 0 Å². The molecule has 2 aromatic heterocycles. The van der Waals surface area contributed by atoms with Gasteiger partial charge in [-0.3, -0.25) is 19.1 Å². The van der Waals surface area contributed by atoms with E-state index in [1.807, 2.05) is 24.0 Å². The summed E-state index contributed by atoms with van der Waals surface area (Å²) < 4.78 is 7.01. The molecular weight excluding hydrogens is 432 g/mol. The number of hydrogen-bond acceptors (Lipinski definition) is 5. The molecule has 1 aromatic carbocycles. The highest BCUT2D eigenvalue weighted by Crippen LogP contribution is 2.31. The summed E-state index contributed by atoms with van der Waals surface area (Å²) in [6, 6.07) is 11.1. The maximum Gasteiger partial charge on any atom is 0.328 e. The predicted molar refractivity (Wildman–Crippen MR) is 130 cm³/mol. The van der Waals surface area contributed by atoms with Crippen LogP contribution in [0, 0.1) is 18.8 Å². The Morgan fingerprint density at radius 3 is 2.44 bits per heavy atom. The van der Waals surface area contributed by atoms with E-state index in [1.54, 1.807) is 24.3 Å². The van der Waals surface area contributed by atoms with Gasteiger partial charge in [-0.1, -0.05) is 12.1 Å². The summed E-state index contributed by atoms with van der Waals surface area (Å²) in [6.07, 6.45) is 3.34. The number of amides is 1. The smallest absolute Gasteiger partial charge is 0.328 e. The fourth-order valence-electron chi connectivity index (χ4n) is 5.39. The lowest BCUT2D eigenvalue weighted by Gasteiger charge is -2.37. The summed E-state index contributed by atoms with van der Waals surface area (Å²) >= 11 is 0. The maximum atomic E-state index is 13.1. The van der Waals surface area contributed by atoms with E-state index in [4.69, 9.17) is 4.42 Å². The number of piperazine rings is 1. The van der Waals surface area contributed by atoms with Gasteiger partial charge in [-0.05, 0) is 62.8 Å². The second-order valence-corrected chi connectivity index (χ2v) is 9.72. The van der Waals surface area contributed by atoms with Crippen LogP contribution in [0.3, 0.4) is 0 Å². The molecule has 0 atom stereocenters. The number of para-hydroxylation sites is 1. The molecule has 0 unspecified atom stereocenters. The number of rotatable bonds is 5. The average Bonchev–Trinajstić information content (AvgIpc) is 3.26. The Kier molecular flexibility index (Phi) is 6.41. The lowest BCUT2D eigenvalue weighted by Crippen LogP contribution is -2.50. The number of carbonyl (C=O) groups is 1. The van der Waals surface area contributed by atoms with Crippen molar-refractivity contribution >= 4 is 16.8 Å². The second-order valence-electron chi connectivity index (χ2n) is 9.72. The molecule has 3 aromatic rings. The van der Waals surface area contributed by atoms with E-state index in [0.29, 0.717) is 17.4 Å². The summed E-state index contributed by atoms with van der Waals surface area (Å²) in [6.45, 7) is 6.36. The number of fused-ring (bicyclic) bond motifs is 1.